The minimum atomic E-state index is -0.216. The predicted molar refractivity (Wildman–Crippen MR) is 69.3 cm³/mol. The Kier molecular flexibility index (Phi) is 5.91. The van der Waals surface area contributed by atoms with Crippen molar-refractivity contribution >= 4 is 27.7 Å². The summed E-state index contributed by atoms with van der Waals surface area (Å²) in [4.78, 5) is 22.3. The van der Waals surface area contributed by atoms with Gasteiger partial charge in [0.25, 0.3) is 0 Å². The molecule has 92 valence electrons. The molecule has 4 heteroatoms. The normalized spacial score (nSPS) is 10.0. The summed E-state index contributed by atoms with van der Waals surface area (Å²) < 4.78 is 4.58. The van der Waals surface area contributed by atoms with Gasteiger partial charge >= 0.3 is 5.97 Å². The van der Waals surface area contributed by atoms with Gasteiger partial charge in [-0.25, -0.2) is 0 Å². The van der Waals surface area contributed by atoms with Crippen LogP contribution in [-0.2, 0) is 27.2 Å². The molecule has 0 aliphatic carbocycles. The molecule has 0 N–H and O–H groups in total. The van der Waals surface area contributed by atoms with E-state index in [4.69, 9.17) is 0 Å². The van der Waals surface area contributed by atoms with Crippen LogP contribution < -0.4 is 0 Å². The second kappa shape index (κ2) is 7.22. The molecule has 0 unspecified atom stereocenters. The van der Waals surface area contributed by atoms with E-state index in [1.807, 2.05) is 24.3 Å². The van der Waals surface area contributed by atoms with E-state index < -0.39 is 0 Å². The summed E-state index contributed by atoms with van der Waals surface area (Å²) in [5.74, 6) is -0.0675. The zero-order valence-corrected chi connectivity index (χ0v) is 11.3. The summed E-state index contributed by atoms with van der Waals surface area (Å²) in [5, 5.41) is 0.374. The summed E-state index contributed by atoms with van der Waals surface area (Å²) in [7, 11) is 1.38. The number of carbonyl (C=O) groups excluding carboxylic acids is 2. The van der Waals surface area contributed by atoms with Crippen LogP contribution in [0.25, 0.3) is 0 Å². The summed E-state index contributed by atoms with van der Waals surface area (Å²) in [6.45, 7) is 0. The summed E-state index contributed by atoms with van der Waals surface area (Å²) in [5.41, 5.74) is 2.03. The van der Waals surface area contributed by atoms with E-state index in [1.54, 1.807) is 0 Å². The number of ether oxygens (including phenoxy) is 1. The van der Waals surface area contributed by atoms with Crippen molar-refractivity contribution in [2.45, 2.75) is 19.3 Å². The molecule has 0 amide bonds. The zero-order chi connectivity index (χ0) is 12.7. The number of benzene rings is 1. The number of hydrogen-bond acceptors (Lipinski definition) is 3. The first-order valence-corrected chi connectivity index (χ1v) is 6.50. The quantitative estimate of drug-likeness (QED) is 0.598. The number of Topliss-reactive ketones (excluding diaryl/α,β-unsaturated/α-hetero) is 1. The number of hydrogen-bond donors (Lipinski definition) is 0. The Morgan fingerprint density at radius 3 is 2.65 bits per heavy atom. The summed E-state index contributed by atoms with van der Waals surface area (Å²) >= 11 is 3.14. The molecule has 0 heterocycles. The highest BCUT2D eigenvalue weighted by molar-refractivity contribution is 9.09. The van der Waals surface area contributed by atoms with Crippen LogP contribution in [0.2, 0.25) is 0 Å². The average molecular weight is 299 g/mol. The van der Waals surface area contributed by atoms with Crippen molar-refractivity contribution < 1.29 is 14.3 Å². The number of halogens is 1. The van der Waals surface area contributed by atoms with Crippen LogP contribution in [0.4, 0.5) is 0 Å². The Morgan fingerprint density at radius 1 is 1.29 bits per heavy atom. The molecule has 0 radical (unpaired) electrons. The smallest absolute Gasteiger partial charge is 0.305 e. The Labute approximate surface area is 109 Å². The van der Waals surface area contributed by atoms with Crippen LogP contribution in [0.5, 0.6) is 0 Å². The van der Waals surface area contributed by atoms with Crippen molar-refractivity contribution in [3.05, 3.63) is 35.4 Å². The molecule has 1 aromatic rings. The molecule has 0 atom stereocenters. The molecule has 1 aromatic carbocycles. The standard InChI is InChI=1S/C13H15BrO3/c1-17-13(16)6-5-10-3-2-4-11(7-10)8-12(15)9-14/h2-4,7H,5-6,8-9H2,1H3. The third-order valence-corrected chi connectivity index (χ3v) is 3.01. The van der Waals surface area contributed by atoms with Crippen molar-refractivity contribution in [3.63, 3.8) is 0 Å². The van der Waals surface area contributed by atoms with Crippen molar-refractivity contribution in [2.75, 3.05) is 12.4 Å². The minimum Gasteiger partial charge on any atom is -0.469 e. The Hall–Kier alpha value is -1.16. The first-order valence-electron chi connectivity index (χ1n) is 5.38. The molecule has 0 spiro atoms. The highest BCUT2D eigenvalue weighted by atomic mass is 79.9. The van der Waals surface area contributed by atoms with E-state index in [0.717, 1.165) is 11.1 Å². The number of carbonyl (C=O) groups is 2. The molecule has 1 rings (SSSR count). The van der Waals surface area contributed by atoms with E-state index in [-0.39, 0.29) is 11.8 Å². The summed E-state index contributed by atoms with van der Waals surface area (Å²) in [6, 6.07) is 7.74. The van der Waals surface area contributed by atoms with E-state index in [2.05, 4.69) is 20.7 Å². The van der Waals surface area contributed by atoms with E-state index in [1.165, 1.54) is 7.11 Å². The van der Waals surface area contributed by atoms with Crippen LogP contribution in [0.1, 0.15) is 17.5 Å². The number of rotatable bonds is 6. The molecule has 0 saturated carbocycles. The maximum Gasteiger partial charge on any atom is 0.305 e. The largest absolute Gasteiger partial charge is 0.469 e. The van der Waals surface area contributed by atoms with Gasteiger partial charge < -0.3 is 4.74 Å². The maximum absolute atomic E-state index is 11.3. The molecule has 0 saturated heterocycles. The van der Waals surface area contributed by atoms with Gasteiger partial charge in [-0.1, -0.05) is 40.2 Å². The van der Waals surface area contributed by atoms with Crippen LogP contribution in [-0.4, -0.2) is 24.2 Å². The fraction of sp³-hybridized carbons (Fsp3) is 0.385. The van der Waals surface area contributed by atoms with Gasteiger partial charge in [0.05, 0.1) is 12.4 Å². The average Bonchev–Trinajstić information content (AvgIpc) is 2.36. The molecule has 3 nitrogen and oxygen atoms in total. The first-order chi connectivity index (χ1) is 8.15. The molecule has 0 bridgehead atoms. The fourth-order valence-electron chi connectivity index (χ4n) is 1.52. The number of alkyl halides is 1. The lowest BCUT2D eigenvalue weighted by Crippen LogP contribution is -2.05. The second-order valence-corrected chi connectivity index (χ2v) is 4.31. The van der Waals surface area contributed by atoms with Gasteiger partial charge in [0.2, 0.25) is 0 Å². The van der Waals surface area contributed by atoms with Crippen LogP contribution in [0.15, 0.2) is 24.3 Å². The van der Waals surface area contributed by atoms with Gasteiger partial charge in [0.1, 0.15) is 5.78 Å². The lowest BCUT2D eigenvalue weighted by atomic mass is 10.0. The van der Waals surface area contributed by atoms with Gasteiger partial charge in [-0.2, -0.15) is 0 Å². The lowest BCUT2D eigenvalue weighted by Gasteiger charge is -2.04. The second-order valence-electron chi connectivity index (χ2n) is 3.75. The number of ketones is 1. The maximum atomic E-state index is 11.3. The van der Waals surface area contributed by atoms with Crippen molar-refractivity contribution in [1.82, 2.24) is 0 Å². The first kappa shape index (κ1) is 13.9. The molecule has 0 aliphatic rings. The molecule has 0 fully saturated rings. The number of aryl methyl sites for hydroxylation is 1. The highest BCUT2D eigenvalue weighted by Crippen LogP contribution is 2.09. The minimum absolute atomic E-state index is 0.148. The SMILES string of the molecule is COC(=O)CCc1cccc(CC(=O)CBr)c1. The lowest BCUT2D eigenvalue weighted by molar-refractivity contribution is -0.140. The van der Waals surface area contributed by atoms with Crippen LogP contribution in [0, 0.1) is 0 Å². The predicted octanol–water partition coefficient (Wildman–Crippen LogP) is 2.30. The van der Waals surface area contributed by atoms with Gasteiger partial charge in [0.15, 0.2) is 0 Å². The van der Waals surface area contributed by atoms with Crippen molar-refractivity contribution in [3.8, 4) is 0 Å². The molecular formula is C13H15BrO3. The zero-order valence-electron chi connectivity index (χ0n) is 9.74. The van der Waals surface area contributed by atoms with E-state index >= 15 is 0 Å². The Morgan fingerprint density at radius 2 is 2.00 bits per heavy atom. The van der Waals surface area contributed by atoms with Gasteiger partial charge in [-0.3, -0.25) is 9.59 Å². The van der Waals surface area contributed by atoms with Crippen LogP contribution in [0.3, 0.4) is 0 Å². The topological polar surface area (TPSA) is 43.4 Å². The number of methoxy groups -OCH3 is 1. The highest BCUT2D eigenvalue weighted by Gasteiger charge is 2.04. The molecule has 17 heavy (non-hydrogen) atoms. The van der Waals surface area contributed by atoms with E-state index in [9.17, 15) is 9.59 Å². The number of esters is 1. The van der Waals surface area contributed by atoms with Crippen molar-refractivity contribution in [2.24, 2.45) is 0 Å². The van der Waals surface area contributed by atoms with Crippen molar-refractivity contribution in [1.29, 1.82) is 0 Å². The van der Waals surface area contributed by atoms with Crippen LogP contribution >= 0.6 is 15.9 Å². The summed E-state index contributed by atoms with van der Waals surface area (Å²) in [6.07, 6.45) is 1.44. The third kappa shape index (κ3) is 5.13. The molecule has 0 aliphatic heterocycles. The Balaban J connectivity index is 2.59. The fourth-order valence-corrected chi connectivity index (χ4v) is 1.72. The van der Waals surface area contributed by atoms with Gasteiger partial charge in [-0.05, 0) is 17.5 Å². The van der Waals surface area contributed by atoms with E-state index in [0.29, 0.717) is 24.6 Å². The molecule has 0 aromatic heterocycles. The third-order valence-electron chi connectivity index (χ3n) is 2.39. The molecular weight excluding hydrogens is 284 g/mol. The van der Waals surface area contributed by atoms with Gasteiger partial charge in [-0.15, -0.1) is 0 Å². The Bertz CT molecular complexity index is 401. The van der Waals surface area contributed by atoms with Gasteiger partial charge in [0, 0.05) is 12.8 Å². The monoisotopic (exact) mass is 298 g/mol.